The molecule has 1 aromatic heterocycles. The molecule has 0 fully saturated rings. The van der Waals surface area contributed by atoms with Crippen molar-refractivity contribution < 1.29 is 14.4 Å². The number of carbonyl (C=O) groups excluding carboxylic acids is 2. The minimum atomic E-state index is -0.638. The van der Waals surface area contributed by atoms with E-state index >= 15 is 0 Å². The summed E-state index contributed by atoms with van der Waals surface area (Å²) in [5.41, 5.74) is 8.86. The van der Waals surface area contributed by atoms with Gasteiger partial charge >= 0.3 is 0 Å². The molecule has 0 spiro atoms. The van der Waals surface area contributed by atoms with Crippen LogP contribution in [0.1, 0.15) is 6.42 Å². The van der Waals surface area contributed by atoms with Crippen molar-refractivity contribution in [3.8, 4) is 0 Å². The summed E-state index contributed by atoms with van der Waals surface area (Å²) in [7, 11) is 0. The minimum absolute atomic E-state index is 0.221. The molecular formula is C12H14N4O3. The molecule has 0 aliphatic carbocycles. The summed E-state index contributed by atoms with van der Waals surface area (Å²) < 4.78 is 1.88. The summed E-state index contributed by atoms with van der Waals surface area (Å²) in [5.74, 6) is -0.958. The highest BCUT2D eigenvalue weighted by atomic mass is 16.7. The van der Waals surface area contributed by atoms with Gasteiger partial charge in [-0.05, 0) is 12.1 Å². The van der Waals surface area contributed by atoms with Crippen LogP contribution in [0.5, 0.6) is 0 Å². The Kier molecular flexibility index (Phi) is 4.09. The van der Waals surface area contributed by atoms with Crippen molar-refractivity contribution in [3.05, 3.63) is 30.6 Å². The molecule has 1 aromatic carbocycles. The fourth-order valence-electron chi connectivity index (χ4n) is 1.65. The Hall–Kier alpha value is -2.41. The van der Waals surface area contributed by atoms with Gasteiger partial charge in [-0.2, -0.15) is 0 Å². The van der Waals surface area contributed by atoms with Gasteiger partial charge in [0.2, 0.25) is 11.8 Å². The Bertz CT molecular complexity index is 593. The number of benzene rings is 1. The van der Waals surface area contributed by atoms with Gasteiger partial charge in [-0.1, -0.05) is 12.1 Å². The summed E-state index contributed by atoms with van der Waals surface area (Å²) in [4.78, 5) is 30.7. The molecular weight excluding hydrogens is 248 g/mol. The highest BCUT2D eigenvalue weighted by molar-refractivity contribution is 5.77. The topological polar surface area (TPSA) is 99.2 Å². The van der Waals surface area contributed by atoms with Gasteiger partial charge in [-0.15, -0.1) is 0 Å². The predicted octanol–water partition coefficient (Wildman–Crippen LogP) is -0.0405. The van der Waals surface area contributed by atoms with E-state index in [-0.39, 0.29) is 18.9 Å². The van der Waals surface area contributed by atoms with Crippen LogP contribution in [0.3, 0.4) is 0 Å². The van der Waals surface area contributed by atoms with E-state index in [9.17, 15) is 9.59 Å². The summed E-state index contributed by atoms with van der Waals surface area (Å²) in [6.45, 7) is 0.145. The zero-order chi connectivity index (χ0) is 13.7. The fourth-order valence-corrected chi connectivity index (χ4v) is 1.65. The van der Waals surface area contributed by atoms with Crippen molar-refractivity contribution in [2.24, 2.45) is 5.73 Å². The first-order valence-corrected chi connectivity index (χ1v) is 5.75. The first-order chi connectivity index (χ1) is 9.16. The number of primary amides is 1. The Morgan fingerprint density at radius 1 is 1.37 bits per heavy atom. The maximum Gasteiger partial charge on any atom is 0.246 e. The van der Waals surface area contributed by atoms with Crippen molar-refractivity contribution >= 4 is 22.8 Å². The first kappa shape index (κ1) is 13.0. The molecule has 0 aliphatic rings. The molecule has 19 heavy (non-hydrogen) atoms. The lowest BCUT2D eigenvalue weighted by atomic mass is 10.3. The second-order valence-electron chi connectivity index (χ2n) is 3.96. The molecule has 0 atom stereocenters. The third-order valence-electron chi connectivity index (χ3n) is 2.51. The molecule has 2 rings (SSSR count). The fraction of sp³-hybridized carbons (Fsp3) is 0.250. The van der Waals surface area contributed by atoms with Crippen LogP contribution in [-0.4, -0.2) is 28.0 Å². The lowest BCUT2D eigenvalue weighted by Crippen LogP contribution is -2.29. The number of para-hydroxylation sites is 2. The number of amides is 2. The van der Waals surface area contributed by atoms with Crippen molar-refractivity contribution in [1.82, 2.24) is 15.0 Å². The molecule has 7 nitrogen and oxygen atoms in total. The number of hydrogen-bond donors (Lipinski definition) is 2. The maximum atomic E-state index is 11.4. The third-order valence-corrected chi connectivity index (χ3v) is 2.51. The number of fused-ring (bicyclic) bond motifs is 1. The van der Waals surface area contributed by atoms with Crippen LogP contribution in [0.25, 0.3) is 11.0 Å². The van der Waals surface area contributed by atoms with Crippen molar-refractivity contribution in [3.63, 3.8) is 0 Å². The summed E-state index contributed by atoms with van der Waals surface area (Å²) in [6, 6.07) is 7.66. The Morgan fingerprint density at radius 3 is 2.95 bits per heavy atom. The molecule has 100 valence electrons. The minimum Gasteiger partial charge on any atom is -0.368 e. The second-order valence-corrected chi connectivity index (χ2v) is 3.96. The highest BCUT2D eigenvalue weighted by Gasteiger charge is 2.05. The smallest absolute Gasteiger partial charge is 0.246 e. The maximum absolute atomic E-state index is 11.4. The van der Waals surface area contributed by atoms with Gasteiger partial charge in [0.15, 0.2) is 6.61 Å². The molecule has 0 saturated carbocycles. The van der Waals surface area contributed by atoms with Gasteiger partial charge in [0, 0.05) is 13.0 Å². The number of nitrogens with two attached hydrogens (primary N) is 1. The van der Waals surface area contributed by atoms with E-state index < -0.39 is 5.91 Å². The number of aromatic nitrogens is 2. The van der Waals surface area contributed by atoms with Gasteiger partial charge in [-0.3, -0.25) is 14.4 Å². The van der Waals surface area contributed by atoms with Crippen LogP contribution in [0.4, 0.5) is 0 Å². The molecule has 3 N–H and O–H groups in total. The molecule has 7 heteroatoms. The van der Waals surface area contributed by atoms with Crippen LogP contribution in [-0.2, 0) is 21.0 Å². The van der Waals surface area contributed by atoms with Gasteiger partial charge in [-0.25, -0.2) is 10.5 Å². The highest BCUT2D eigenvalue weighted by Crippen LogP contribution is 2.11. The molecule has 0 unspecified atom stereocenters. The van der Waals surface area contributed by atoms with E-state index in [0.717, 1.165) is 11.0 Å². The molecule has 0 aliphatic heterocycles. The van der Waals surface area contributed by atoms with E-state index in [1.54, 1.807) is 6.33 Å². The molecule has 0 bridgehead atoms. The van der Waals surface area contributed by atoms with E-state index in [1.807, 2.05) is 28.8 Å². The summed E-state index contributed by atoms with van der Waals surface area (Å²) in [6.07, 6.45) is 1.90. The zero-order valence-corrected chi connectivity index (χ0v) is 10.2. The standard InChI is InChI=1S/C12H14N4O3/c13-11(17)7-19-15-12(18)5-6-16-8-14-9-3-1-2-4-10(9)16/h1-4,8H,5-7H2,(H2,13,17)(H,15,18). The van der Waals surface area contributed by atoms with Gasteiger partial charge in [0.05, 0.1) is 17.4 Å². The van der Waals surface area contributed by atoms with E-state index in [1.165, 1.54) is 0 Å². The number of carbonyl (C=O) groups is 2. The monoisotopic (exact) mass is 262 g/mol. The first-order valence-electron chi connectivity index (χ1n) is 5.75. The van der Waals surface area contributed by atoms with Crippen LogP contribution in [0, 0.1) is 0 Å². The Balaban J connectivity index is 1.85. The number of nitrogens with one attached hydrogen (secondary N) is 1. The Morgan fingerprint density at radius 2 is 2.16 bits per heavy atom. The zero-order valence-electron chi connectivity index (χ0n) is 10.2. The van der Waals surface area contributed by atoms with Crippen molar-refractivity contribution in [2.45, 2.75) is 13.0 Å². The van der Waals surface area contributed by atoms with Gasteiger partial charge in [0.1, 0.15) is 0 Å². The third kappa shape index (κ3) is 3.52. The van der Waals surface area contributed by atoms with Crippen molar-refractivity contribution in [1.29, 1.82) is 0 Å². The van der Waals surface area contributed by atoms with Crippen molar-refractivity contribution in [2.75, 3.05) is 6.61 Å². The van der Waals surface area contributed by atoms with Crippen LogP contribution in [0.2, 0.25) is 0 Å². The molecule has 0 radical (unpaired) electrons. The molecule has 1 heterocycles. The second kappa shape index (κ2) is 5.96. The predicted molar refractivity (Wildman–Crippen MR) is 67.6 cm³/mol. The van der Waals surface area contributed by atoms with E-state index in [2.05, 4.69) is 15.3 Å². The molecule has 0 saturated heterocycles. The van der Waals surface area contributed by atoms with E-state index in [4.69, 9.17) is 5.73 Å². The average molecular weight is 262 g/mol. The lowest BCUT2D eigenvalue weighted by Gasteiger charge is -2.05. The van der Waals surface area contributed by atoms with Crippen LogP contribution >= 0.6 is 0 Å². The number of hydrogen-bond acceptors (Lipinski definition) is 4. The quantitative estimate of drug-likeness (QED) is 0.713. The Labute approximate surface area is 109 Å². The lowest BCUT2D eigenvalue weighted by molar-refractivity contribution is -0.138. The summed E-state index contributed by atoms with van der Waals surface area (Å²) in [5, 5.41) is 0. The van der Waals surface area contributed by atoms with Crippen LogP contribution < -0.4 is 11.2 Å². The average Bonchev–Trinajstić information content (AvgIpc) is 2.79. The molecule has 2 amide bonds. The summed E-state index contributed by atoms with van der Waals surface area (Å²) >= 11 is 0. The number of imidazole rings is 1. The normalized spacial score (nSPS) is 10.5. The number of nitrogens with zero attached hydrogens (tertiary/aromatic N) is 2. The largest absolute Gasteiger partial charge is 0.368 e. The SMILES string of the molecule is NC(=O)CONC(=O)CCn1cnc2ccccc21. The van der Waals surface area contributed by atoms with Gasteiger partial charge in [0.25, 0.3) is 0 Å². The van der Waals surface area contributed by atoms with Crippen LogP contribution in [0.15, 0.2) is 30.6 Å². The number of hydroxylamine groups is 1. The molecule has 2 aromatic rings. The number of rotatable bonds is 6. The number of aryl methyl sites for hydroxylation is 1. The van der Waals surface area contributed by atoms with E-state index in [0.29, 0.717) is 6.54 Å². The van der Waals surface area contributed by atoms with Gasteiger partial charge < -0.3 is 10.3 Å².